The second kappa shape index (κ2) is 11.1. The van der Waals surface area contributed by atoms with Gasteiger partial charge in [0, 0.05) is 19.6 Å². The van der Waals surface area contributed by atoms with E-state index in [-0.39, 0.29) is 0 Å². The van der Waals surface area contributed by atoms with Crippen molar-refractivity contribution in [2.45, 2.75) is 49.3 Å². The van der Waals surface area contributed by atoms with E-state index in [9.17, 15) is 0 Å². The summed E-state index contributed by atoms with van der Waals surface area (Å²) in [5.41, 5.74) is 6.89. The second-order valence-corrected chi connectivity index (χ2v) is 7.76. The highest BCUT2D eigenvalue weighted by atomic mass is 32.2. The molecule has 0 aliphatic heterocycles. The van der Waals surface area contributed by atoms with Gasteiger partial charge in [0.05, 0.1) is 0 Å². The molecule has 0 nitrogen and oxygen atoms in total. The van der Waals surface area contributed by atoms with Crippen molar-refractivity contribution in [1.29, 1.82) is 0 Å². The van der Waals surface area contributed by atoms with Crippen molar-refractivity contribution in [2.24, 2.45) is 0 Å². The number of benzene rings is 2. The Morgan fingerprint density at radius 1 is 0.667 bits per heavy atom. The van der Waals surface area contributed by atoms with Crippen molar-refractivity contribution in [3.63, 3.8) is 0 Å². The first-order valence-corrected chi connectivity index (χ1v) is 10.1. The van der Waals surface area contributed by atoms with Crippen molar-refractivity contribution < 1.29 is 0 Å². The Morgan fingerprint density at radius 2 is 1.04 bits per heavy atom. The standard InChI is InChI=1S/C22H24S2/c1-3-11-19(23-21-13-7-5-8-14-21)17-18-20(12-4-2)24-22-15-9-6-10-16-22/h5-10,13-16H,3-4,11-12H2,1-2H3. The average molecular weight is 353 g/mol. The molecule has 0 spiro atoms. The van der Waals surface area contributed by atoms with Crippen LogP contribution in [0.15, 0.2) is 91.7 Å². The Morgan fingerprint density at radius 3 is 1.38 bits per heavy atom. The maximum Gasteiger partial charge on any atom is 0.0399 e. The van der Waals surface area contributed by atoms with Gasteiger partial charge in [-0.05, 0) is 37.1 Å². The third-order valence-electron chi connectivity index (χ3n) is 3.26. The molecule has 0 saturated heterocycles. The molecule has 0 aliphatic carbocycles. The summed E-state index contributed by atoms with van der Waals surface area (Å²) in [5, 5.41) is 0. The lowest BCUT2D eigenvalue weighted by Crippen LogP contribution is -1.78. The molecule has 2 aromatic rings. The van der Waals surface area contributed by atoms with Gasteiger partial charge in [0.25, 0.3) is 0 Å². The fourth-order valence-electron chi connectivity index (χ4n) is 2.13. The number of thioether (sulfide) groups is 2. The fourth-order valence-corrected chi connectivity index (χ4v) is 4.11. The van der Waals surface area contributed by atoms with Gasteiger partial charge in [-0.15, -0.1) is 0 Å². The van der Waals surface area contributed by atoms with E-state index in [0.717, 1.165) is 25.7 Å². The largest absolute Gasteiger partial charge is 0.0854 e. The SMILES string of the molecule is CCCC(=C=C=C(CCC)Sc1ccccc1)Sc1ccccc1. The summed E-state index contributed by atoms with van der Waals surface area (Å²) in [6.45, 7) is 4.42. The molecule has 0 saturated carbocycles. The highest BCUT2D eigenvalue weighted by molar-refractivity contribution is 8.03. The monoisotopic (exact) mass is 352 g/mol. The van der Waals surface area contributed by atoms with Crippen molar-refractivity contribution in [3.8, 4) is 0 Å². The predicted molar refractivity (Wildman–Crippen MR) is 108 cm³/mol. The summed E-state index contributed by atoms with van der Waals surface area (Å²) >= 11 is 3.60. The zero-order valence-electron chi connectivity index (χ0n) is 14.4. The van der Waals surface area contributed by atoms with Crippen molar-refractivity contribution in [2.75, 3.05) is 0 Å². The molecule has 0 aliphatic rings. The molecule has 24 heavy (non-hydrogen) atoms. The van der Waals surface area contributed by atoms with Gasteiger partial charge >= 0.3 is 0 Å². The molecular weight excluding hydrogens is 328 g/mol. The Hall–Kier alpha value is -1.56. The van der Waals surface area contributed by atoms with Crippen LogP contribution in [-0.2, 0) is 0 Å². The summed E-state index contributed by atoms with van der Waals surface area (Å²) < 4.78 is 0. The van der Waals surface area contributed by atoms with Gasteiger partial charge < -0.3 is 0 Å². The molecule has 0 amide bonds. The minimum Gasteiger partial charge on any atom is -0.0854 e. The van der Waals surface area contributed by atoms with Crippen molar-refractivity contribution in [1.82, 2.24) is 0 Å². The molecule has 124 valence electrons. The Bertz CT molecular complexity index is 641. The minimum absolute atomic E-state index is 1.04. The lowest BCUT2D eigenvalue weighted by atomic mass is 10.3. The van der Waals surface area contributed by atoms with Crippen LogP contribution in [0.3, 0.4) is 0 Å². The number of hydrogen-bond acceptors (Lipinski definition) is 2. The molecule has 0 N–H and O–H groups in total. The summed E-state index contributed by atoms with van der Waals surface area (Å²) in [7, 11) is 0. The topological polar surface area (TPSA) is 0 Å². The molecule has 0 unspecified atom stereocenters. The van der Waals surface area contributed by atoms with E-state index < -0.39 is 0 Å². The molecular formula is C22H24S2. The lowest BCUT2D eigenvalue weighted by molar-refractivity contribution is 0.944. The third kappa shape index (κ3) is 6.91. The van der Waals surface area contributed by atoms with Gasteiger partial charge in [-0.1, -0.05) is 98.1 Å². The summed E-state index contributed by atoms with van der Waals surface area (Å²) in [4.78, 5) is 5.04. The summed E-state index contributed by atoms with van der Waals surface area (Å²) in [6, 6.07) is 21.0. The number of rotatable bonds is 8. The lowest BCUT2D eigenvalue weighted by Gasteiger charge is -2.03. The van der Waals surface area contributed by atoms with Crippen LogP contribution in [0.5, 0.6) is 0 Å². The zero-order valence-corrected chi connectivity index (χ0v) is 16.1. The van der Waals surface area contributed by atoms with Crippen LogP contribution in [0.1, 0.15) is 39.5 Å². The van der Waals surface area contributed by atoms with Gasteiger partial charge in [0.2, 0.25) is 0 Å². The van der Waals surface area contributed by atoms with E-state index in [1.54, 1.807) is 23.5 Å². The minimum atomic E-state index is 1.04. The van der Waals surface area contributed by atoms with Crippen LogP contribution in [0.2, 0.25) is 0 Å². The smallest absolute Gasteiger partial charge is 0.0399 e. The van der Waals surface area contributed by atoms with Crippen molar-refractivity contribution in [3.05, 3.63) is 81.9 Å². The third-order valence-corrected chi connectivity index (χ3v) is 5.38. The Balaban J connectivity index is 2.27. The first-order chi connectivity index (χ1) is 11.8. The van der Waals surface area contributed by atoms with E-state index in [1.807, 2.05) is 0 Å². The molecule has 0 bridgehead atoms. The van der Waals surface area contributed by atoms with E-state index in [0.29, 0.717) is 0 Å². The van der Waals surface area contributed by atoms with E-state index in [4.69, 9.17) is 0 Å². The number of hydrogen-bond donors (Lipinski definition) is 0. The summed E-state index contributed by atoms with van der Waals surface area (Å²) in [6.07, 6.45) is 4.33. The molecule has 2 aromatic carbocycles. The van der Waals surface area contributed by atoms with E-state index in [1.165, 1.54) is 19.6 Å². The number of allylic oxidation sites excluding steroid dienone is 2. The molecule has 0 atom stereocenters. The normalized spacial score (nSPS) is 9.92. The van der Waals surface area contributed by atoms with Gasteiger partial charge in [-0.2, -0.15) is 0 Å². The maximum absolute atomic E-state index is 3.45. The molecule has 0 fully saturated rings. The fraction of sp³-hybridized carbons (Fsp3) is 0.273. The Labute approximate surface area is 154 Å². The van der Waals surface area contributed by atoms with Crippen LogP contribution in [0.25, 0.3) is 0 Å². The zero-order chi connectivity index (χ0) is 17.0. The molecule has 0 aromatic heterocycles. The highest BCUT2D eigenvalue weighted by Gasteiger charge is 2.01. The maximum atomic E-state index is 3.45. The van der Waals surface area contributed by atoms with Gasteiger partial charge in [-0.3, -0.25) is 0 Å². The van der Waals surface area contributed by atoms with E-state index >= 15 is 0 Å². The van der Waals surface area contributed by atoms with Gasteiger partial charge in [0.15, 0.2) is 0 Å². The van der Waals surface area contributed by atoms with E-state index in [2.05, 4.69) is 86.0 Å². The van der Waals surface area contributed by atoms with Crippen LogP contribution in [0.4, 0.5) is 0 Å². The molecule has 0 radical (unpaired) electrons. The quantitative estimate of drug-likeness (QED) is 0.353. The van der Waals surface area contributed by atoms with Gasteiger partial charge in [-0.25, -0.2) is 0 Å². The van der Waals surface area contributed by atoms with Crippen LogP contribution < -0.4 is 0 Å². The van der Waals surface area contributed by atoms with Gasteiger partial charge in [0.1, 0.15) is 0 Å². The Kier molecular flexibility index (Phi) is 8.66. The summed E-state index contributed by atoms with van der Waals surface area (Å²) in [5.74, 6) is 0. The highest BCUT2D eigenvalue weighted by Crippen LogP contribution is 2.30. The molecule has 2 heteroatoms. The van der Waals surface area contributed by atoms with Crippen LogP contribution in [0, 0.1) is 0 Å². The second-order valence-electron chi connectivity index (χ2n) is 5.43. The predicted octanol–water partition coefficient (Wildman–Crippen LogP) is 7.69. The first kappa shape index (κ1) is 18.8. The average Bonchev–Trinajstić information content (AvgIpc) is 2.62. The molecule has 0 heterocycles. The van der Waals surface area contributed by atoms with Crippen LogP contribution in [-0.4, -0.2) is 0 Å². The van der Waals surface area contributed by atoms with Crippen LogP contribution >= 0.6 is 23.5 Å². The first-order valence-electron chi connectivity index (χ1n) is 8.51. The molecule has 2 rings (SSSR count). The van der Waals surface area contributed by atoms with Crippen molar-refractivity contribution >= 4 is 23.5 Å².